The molecule has 0 unspecified atom stereocenters. The maximum atomic E-state index is 12.2. The Morgan fingerprint density at radius 3 is 3.00 bits per heavy atom. The molecule has 1 amide bonds. The van der Waals surface area contributed by atoms with Crippen LogP contribution >= 0.6 is 34.7 Å². The van der Waals surface area contributed by atoms with Crippen LogP contribution in [0.4, 0.5) is 10.8 Å². The molecular formula is C14H15ClN4OS2. The fourth-order valence-electron chi connectivity index (χ4n) is 1.73. The van der Waals surface area contributed by atoms with E-state index in [0.29, 0.717) is 16.8 Å². The number of carbonyl (C=O) groups excluding carboxylic acids is 1. The summed E-state index contributed by atoms with van der Waals surface area (Å²) >= 11 is 8.79. The second-order valence-electron chi connectivity index (χ2n) is 5.05. The van der Waals surface area contributed by atoms with E-state index in [4.69, 9.17) is 11.6 Å². The van der Waals surface area contributed by atoms with Crippen LogP contribution in [0.1, 0.15) is 19.8 Å². The molecule has 0 saturated heterocycles. The molecule has 2 N–H and O–H groups in total. The molecule has 1 aliphatic carbocycles. The molecule has 8 heteroatoms. The molecule has 3 rings (SSSR count). The fraction of sp³-hybridized carbons (Fsp3) is 0.357. The van der Waals surface area contributed by atoms with E-state index >= 15 is 0 Å². The van der Waals surface area contributed by atoms with E-state index in [9.17, 15) is 4.79 Å². The second kappa shape index (κ2) is 6.85. The number of nitrogens with zero attached hydrogens (tertiary/aromatic N) is 2. The van der Waals surface area contributed by atoms with Gasteiger partial charge in [-0.15, -0.1) is 10.2 Å². The van der Waals surface area contributed by atoms with Gasteiger partial charge in [0, 0.05) is 16.8 Å². The summed E-state index contributed by atoms with van der Waals surface area (Å²) in [5.74, 6) is -0.0841. The van der Waals surface area contributed by atoms with E-state index in [1.165, 1.54) is 35.9 Å². The highest BCUT2D eigenvalue weighted by molar-refractivity contribution is 8.02. The Hall–Kier alpha value is -1.31. The number of rotatable bonds is 6. The van der Waals surface area contributed by atoms with Crippen LogP contribution in [0.2, 0.25) is 5.02 Å². The summed E-state index contributed by atoms with van der Waals surface area (Å²) in [4.78, 5) is 12.2. The normalized spacial score (nSPS) is 15.4. The maximum absolute atomic E-state index is 12.2. The Labute approximate surface area is 141 Å². The minimum atomic E-state index is -0.263. The van der Waals surface area contributed by atoms with Crippen molar-refractivity contribution >= 4 is 51.4 Å². The molecule has 1 heterocycles. The van der Waals surface area contributed by atoms with Crippen molar-refractivity contribution in [3.8, 4) is 0 Å². The van der Waals surface area contributed by atoms with Gasteiger partial charge in [0.05, 0.1) is 5.25 Å². The molecule has 1 aromatic carbocycles. The smallest absolute Gasteiger partial charge is 0.237 e. The largest absolute Gasteiger partial charge is 0.357 e. The molecule has 1 saturated carbocycles. The SMILES string of the molecule is C[C@H](Sc1nnc(NC2CC2)s1)C(=O)Nc1cccc(Cl)c1. The van der Waals surface area contributed by atoms with Gasteiger partial charge in [-0.3, -0.25) is 4.79 Å². The average Bonchev–Trinajstić information content (AvgIpc) is 3.18. The van der Waals surface area contributed by atoms with E-state index in [2.05, 4.69) is 20.8 Å². The van der Waals surface area contributed by atoms with E-state index in [1.807, 2.05) is 13.0 Å². The molecule has 2 aromatic rings. The van der Waals surface area contributed by atoms with Crippen LogP contribution in [0.15, 0.2) is 28.6 Å². The minimum Gasteiger partial charge on any atom is -0.357 e. The molecule has 1 atom stereocenters. The highest BCUT2D eigenvalue weighted by atomic mass is 35.5. The number of nitrogens with one attached hydrogen (secondary N) is 2. The van der Waals surface area contributed by atoms with Crippen LogP contribution in [0.3, 0.4) is 0 Å². The number of thioether (sulfide) groups is 1. The third-order valence-corrected chi connectivity index (χ3v) is 5.32. The lowest BCUT2D eigenvalue weighted by Gasteiger charge is -2.10. The predicted molar refractivity (Wildman–Crippen MR) is 92.0 cm³/mol. The highest BCUT2D eigenvalue weighted by Gasteiger charge is 2.23. The summed E-state index contributed by atoms with van der Waals surface area (Å²) in [6.45, 7) is 1.85. The number of aromatic nitrogens is 2. The van der Waals surface area contributed by atoms with Gasteiger partial charge in [0.2, 0.25) is 11.0 Å². The Kier molecular flexibility index (Phi) is 4.85. The maximum Gasteiger partial charge on any atom is 0.237 e. The van der Waals surface area contributed by atoms with Gasteiger partial charge in [0.1, 0.15) is 0 Å². The first-order chi connectivity index (χ1) is 10.6. The molecule has 0 radical (unpaired) electrons. The first-order valence-corrected chi connectivity index (χ1v) is 9.01. The van der Waals surface area contributed by atoms with Gasteiger partial charge in [-0.05, 0) is 38.0 Å². The molecule has 0 spiro atoms. The van der Waals surface area contributed by atoms with Crippen molar-refractivity contribution in [2.24, 2.45) is 0 Å². The van der Waals surface area contributed by atoms with Crippen LogP contribution in [-0.2, 0) is 4.79 Å². The third kappa shape index (κ3) is 4.34. The van der Waals surface area contributed by atoms with E-state index in [0.717, 1.165) is 9.47 Å². The van der Waals surface area contributed by atoms with Gasteiger partial charge in [-0.1, -0.05) is 40.8 Å². The molecule has 1 fully saturated rings. The number of hydrogen-bond donors (Lipinski definition) is 2. The molecule has 5 nitrogen and oxygen atoms in total. The quantitative estimate of drug-likeness (QED) is 0.770. The van der Waals surface area contributed by atoms with Crippen molar-refractivity contribution in [2.75, 3.05) is 10.6 Å². The van der Waals surface area contributed by atoms with Gasteiger partial charge < -0.3 is 10.6 Å². The summed E-state index contributed by atoms with van der Waals surface area (Å²) in [6.07, 6.45) is 2.39. The number of hydrogen-bond acceptors (Lipinski definition) is 6. The summed E-state index contributed by atoms with van der Waals surface area (Å²) < 4.78 is 0.789. The Morgan fingerprint density at radius 1 is 1.45 bits per heavy atom. The summed E-state index contributed by atoms with van der Waals surface area (Å²) in [6, 6.07) is 7.65. The van der Waals surface area contributed by atoms with Crippen LogP contribution in [0, 0.1) is 0 Å². The second-order valence-corrected chi connectivity index (χ2v) is 8.05. The van der Waals surface area contributed by atoms with Gasteiger partial charge in [-0.25, -0.2) is 0 Å². The molecule has 1 aliphatic rings. The zero-order valence-electron chi connectivity index (χ0n) is 11.9. The molecule has 1 aromatic heterocycles. The van der Waals surface area contributed by atoms with Crippen molar-refractivity contribution in [3.63, 3.8) is 0 Å². The number of carbonyl (C=O) groups is 1. The van der Waals surface area contributed by atoms with Crippen molar-refractivity contribution in [1.82, 2.24) is 10.2 Å². The summed E-state index contributed by atoms with van der Waals surface area (Å²) in [5.41, 5.74) is 0.693. The number of halogens is 1. The predicted octanol–water partition coefficient (Wildman–Crippen LogP) is 3.89. The van der Waals surface area contributed by atoms with Gasteiger partial charge >= 0.3 is 0 Å². The molecule has 0 bridgehead atoms. The van der Waals surface area contributed by atoms with Crippen molar-refractivity contribution in [3.05, 3.63) is 29.3 Å². The lowest BCUT2D eigenvalue weighted by molar-refractivity contribution is -0.115. The van der Waals surface area contributed by atoms with Crippen LogP contribution in [0.5, 0.6) is 0 Å². The molecular weight excluding hydrogens is 340 g/mol. The fourth-order valence-corrected chi connectivity index (χ4v) is 3.90. The van der Waals surface area contributed by atoms with Gasteiger partial charge in [0.15, 0.2) is 4.34 Å². The number of benzene rings is 1. The van der Waals surface area contributed by atoms with E-state index in [1.54, 1.807) is 18.2 Å². The molecule has 116 valence electrons. The van der Waals surface area contributed by atoms with Gasteiger partial charge in [0.25, 0.3) is 0 Å². The lowest BCUT2D eigenvalue weighted by atomic mass is 10.3. The van der Waals surface area contributed by atoms with E-state index in [-0.39, 0.29) is 11.2 Å². The Bertz CT molecular complexity index is 674. The van der Waals surface area contributed by atoms with Crippen molar-refractivity contribution < 1.29 is 4.79 Å². The molecule has 22 heavy (non-hydrogen) atoms. The Morgan fingerprint density at radius 2 is 2.27 bits per heavy atom. The average molecular weight is 355 g/mol. The van der Waals surface area contributed by atoms with Crippen LogP contribution < -0.4 is 10.6 Å². The Balaban J connectivity index is 1.55. The van der Waals surface area contributed by atoms with Crippen LogP contribution in [0.25, 0.3) is 0 Å². The first kappa shape index (κ1) is 15.6. The zero-order valence-corrected chi connectivity index (χ0v) is 14.3. The van der Waals surface area contributed by atoms with E-state index < -0.39 is 0 Å². The number of amides is 1. The third-order valence-electron chi connectivity index (χ3n) is 3.05. The summed E-state index contributed by atoms with van der Waals surface area (Å²) in [5, 5.41) is 15.5. The monoisotopic (exact) mass is 354 g/mol. The number of anilines is 2. The van der Waals surface area contributed by atoms with Gasteiger partial charge in [-0.2, -0.15) is 0 Å². The zero-order chi connectivity index (χ0) is 15.5. The minimum absolute atomic E-state index is 0.0841. The highest BCUT2D eigenvalue weighted by Crippen LogP contribution is 2.32. The topological polar surface area (TPSA) is 66.9 Å². The lowest BCUT2D eigenvalue weighted by Crippen LogP contribution is -2.22. The first-order valence-electron chi connectivity index (χ1n) is 6.93. The van der Waals surface area contributed by atoms with Crippen molar-refractivity contribution in [1.29, 1.82) is 0 Å². The molecule has 0 aliphatic heterocycles. The van der Waals surface area contributed by atoms with Crippen molar-refractivity contribution in [2.45, 2.75) is 35.4 Å². The summed E-state index contributed by atoms with van der Waals surface area (Å²) in [7, 11) is 0. The van der Waals surface area contributed by atoms with Crippen LogP contribution in [-0.4, -0.2) is 27.4 Å². The standard InChI is InChI=1S/C14H15ClN4OS2/c1-8(12(20)16-11-4-2-3-9(15)7-11)21-14-19-18-13(22-14)17-10-5-6-10/h2-4,7-8,10H,5-6H2,1H3,(H,16,20)(H,17,18)/t8-/m0/s1.